The SMILES string of the molecule is CCOC(=O)C(N)(NC(C)=O)c1ccc2c(C(=O)NCc3ccc(C(=N)N)cc3)cccc2c1.Cl. The summed E-state index contributed by atoms with van der Waals surface area (Å²) in [5.41, 5.74) is 12.1. The number of halogens is 1. The molecule has 0 radical (unpaired) electrons. The largest absolute Gasteiger partial charge is 0.463 e. The van der Waals surface area contributed by atoms with Crippen LogP contribution in [-0.2, 0) is 26.5 Å². The molecule has 0 saturated heterocycles. The molecule has 0 aliphatic rings. The fourth-order valence-corrected chi connectivity index (χ4v) is 3.57. The van der Waals surface area contributed by atoms with E-state index in [1.54, 1.807) is 67.6 Å². The number of hydrogen-bond donors (Lipinski definition) is 5. The summed E-state index contributed by atoms with van der Waals surface area (Å²) in [6.07, 6.45) is 0. The summed E-state index contributed by atoms with van der Waals surface area (Å²) in [6, 6.07) is 17.2. The van der Waals surface area contributed by atoms with Gasteiger partial charge in [0.2, 0.25) is 11.6 Å². The molecule has 2 amide bonds. The summed E-state index contributed by atoms with van der Waals surface area (Å²) < 4.78 is 5.07. The van der Waals surface area contributed by atoms with Crippen LogP contribution >= 0.6 is 12.4 Å². The van der Waals surface area contributed by atoms with E-state index in [0.29, 0.717) is 34.0 Å². The van der Waals surface area contributed by atoms with Crippen LogP contribution in [0.3, 0.4) is 0 Å². The third-order valence-corrected chi connectivity index (χ3v) is 5.27. The smallest absolute Gasteiger partial charge is 0.351 e. The maximum atomic E-state index is 12.9. The number of benzene rings is 3. The van der Waals surface area contributed by atoms with Crippen LogP contribution < -0.4 is 22.1 Å². The van der Waals surface area contributed by atoms with Crippen LogP contribution in [0.5, 0.6) is 0 Å². The van der Waals surface area contributed by atoms with Crippen LogP contribution in [0.2, 0.25) is 0 Å². The lowest BCUT2D eigenvalue weighted by Gasteiger charge is -2.28. The maximum absolute atomic E-state index is 12.9. The maximum Gasteiger partial charge on any atom is 0.351 e. The monoisotopic (exact) mass is 497 g/mol. The number of hydrogen-bond acceptors (Lipinski definition) is 6. The Morgan fingerprint density at radius 1 is 1.06 bits per heavy atom. The molecule has 0 aliphatic heterocycles. The molecule has 1 atom stereocenters. The van der Waals surface area contributed by atoms with Gasteiger partial charge in [0.1, 0.15) is 5.84 Å². The van der Waals surface area contributed by atoms with E-state index in [4.69, 9.17) is 21.6 Å². The zero-order chi connectivity index (χ0) is 24.9. The van der Waals surface area contributed by atoms with Crippen LogP contribution in [-0.4, -0.2) is 30.2 Å². The normalized spacial score (nSPS) is 12.1. The second-order valence-corrected chi connectivity index (χ2v) is 7.74. The molecule has 0 heterocycles. The lowest BCUT2D eigenvalue weighted by molar-refractivity contribution is -0.153. The number of nitrogen functional groups attached to an aromatic ring is 1. The highest BCUT2D eigenvalue weighted by molar-refractivity contribution is 6.07. The van der Waals surface area contributed by atoms with Crippen LogP contribution in [0.15, 0.2) is 60.7 Å². The van der Waals surface area contributed by atoms with Crippen LogP contribution in [0.4, 0.5) is 0 Å². The third kappa shape index (κ3) is 6.14. The zero-order valence-corrected chi connectivity index (χ0v) is 20.2. The van der Waals surface area contributed by atoms with Crippen molar-refractivity contribution in [2.24, 2.45) is 11.5 Å². The van der Waals surface area contributed by atoms with E-state index in [9.17, 15) is 14.4 Å². The first-order valence-electron chi connectivity index (χ1n) is 10.7. The molecular weight excluding hydrogens is 470 g/mol. The Bertz CT molecular complexity index is 1260. The Balaban J connectivity index is 0.00000432. The number of amides is 2. The predicted octanol–water partition coefficient (Wildman–Crippen LogP) is 2.29. The van der Waals surface area contributed by atoms with Crippen LogP contribution in [0, 0.1) is 5.41 Å². The average Bonchev–Trinajstić information content (AvgIpc) is 2.81. The van der Waals surface area contributed by atoms with E-state index < -0.39 is 17.5 Å². The molecular formula is C25H28ClN5O4. The first-order valence-corrected chi connectivity index (χ1v) is 10.7. The highest BCUT2D eigenvalue weighted by Crippen LogP contribution is 2.26. The minimum absolute atomic E-state index is 0. The number of amidine groups is 1. The van der Waals surface area contributed by atoms with Gasteiger partial charge in [-0.25, -0.2) is 4.79 Å². The minimum atomic E-state index is -1.86. The highest BCUT2D eigenvalue weighted by Gasteiger charge is 2.39. The lowest BCUT2D eigenvalue weighted by Crippen LogP contribution is -2.58. The van der Waals surface area contributed by atoms with Crippen molar-refractivity contribution in [3.05, 3.63) is 82.9 Å². The third-order valence-electron chi connectivity index (χ3n) is 5.27. The molecule has 3 aromatic rings. The van der Waals surface area contributed by atoms with Gasteiger partial charge in [-0.05, 0) is 35.4 Å². The van der Waals surface area contributed by atoms with E-state index in [2.05, 4.69) is 10.6 Å². The number of fused-ring (bicyclic) bond motifs is 1. The molecule has 0 fully saturated rings. The Labute approximate surface area is 209 Å². The van der Waals surface area contributed by atoms with Gasteiger partial charge in [0.25, 0.3) is 5.91 Å². The topological polar surface area (TPSA) is 160 Å². The fourth-order valence-electron chi connectivity index (χ4n) is 3.57. The number of nitrogens with one attached hydrogen (secondary N) is 3. The molecule has 0 spiro atoms. The van der Waals surface area contributed by atoms with Crippen molar-refractivity contribution >= 4 is 46.8 Å². The Kier molecular flexibility index (Phi) is 8.93. The molecule has 0 bridgehead atoms. The van der Waals surface area contributed by atoms with Crippen molar-refractivity contribution < 1.29 is 19.1 Å². The van der Waals surface area contributed by atoms with Crippen LogP contribution in [0.1, 0.15) is 40.9 Å². The van der Waals surface area contributed by atoms with Gasteiger partial charge in [0.15, 0.2) is 0 Å². The fraction of sp³-hybridized carbons (Fsp3) is 0.200. The molecule has 3 aromatic carbocycles. The molecule has 1 unspecified atom stereocenters. The van der Waals surface area contributed by atoms with Crippen molar-refractivity contribution in [2.75, 3.05) is 6.61 Å². The van der Waals surface area contributed by atoms with Gasteiger partial charge < -0.3 is 21.1 Å². The second kappa shape index (κ2) is 11.5. The lowest BCUT2D eigenvalue weighted by atomic mass is 9.94. The highest BCUT2D eigenvalue weighted by atomic mass is 35.5. The van der Waals surface area contributed by atoms with Crippen molar-refractivity contribution in [1.29, 1.82) is 5.41 Å². The first-order chi connectivity index (χ1) is 16.2. The van der Waals surface area contributed by atoms with Gasteiger partial charge in [-0.15, -0.1) is 12.4 Å². The zero-order valence-electron chi connectivity index (χ0n) is 19.4. The predicted molar refractivity (Wildman–Crippen MR) is 136 cm³/mol. The Hall–Kier alpha value is -3.95. The quantitative estimate of drug-likeness (QED) is 0.139. The molecule has 35 heavy (non-hydrogen) atoms. The molecule has 7 N–H and O–H groups in total. The van der Waals surface area contributed by atoms with Gasteiger partial charge in [-0.3, -0.25) is 20.7 Å². The van der Waals surface area contributed by atoms with E-state index in [1.165, 1.54) is 6.92 Å². The van der Waals surface area contributed by atoms with Gasteiger partial charge in [0.05, 0.1) is 6.61 Å². The Morgan fingerprint density at radius 2 is 1.74 bits per heavy atom. The number of nitrogens with two attached hydrogens (primary N) is 2. The molecule has 184 valence electrons. The minimum Gasteiger partial charge on any atom is -0.463 e. The number of ether oxygens (including phenoxy) is 1. The summed E-state index contributed by atoms with van der Waals surface area (Å²) in [7, 11) is 0. The van der Waals surface area contributed by atoms with Gasteiger partial charge in [-0.1, -0.05) is 48.5 Å². The van der Waals surface area contributed by atoms with E-state index in [0.717, 1.165) is 5.56 Å². The molecule has 3 rings (SSSR count). The first kappa shape index (κ1) is 27.3. The van der Waals surface area contributed by atoms with Crippen molar-refractivity contribution in [2.45, 2.75) is 26.1 Å². The van der Waals surface area contributed by atoms with Gasteiger partial charge in [0, 0.05) is 30.2 Å². The van der Waals surface area contributed by atoms with Crippen LogP contribution in [0.25, 0.3) is 10.8 Å². The van der Waals surface area contributed by atoms with Crippen molar-refractivity contribution in [3.8, 4) is 0 Å². The van der Waals surface area contributed by atoms with Crippen molar-refractivity contribution in [3.63, 3.8) is 0 Å². The summed E-state index contributed by atoms with van der Waals surface area (Å²) >= 11 is 0. The number of carbonyl (C=O) groups excluding carboxylic acids is 3. The number of carbonyl (C=O) groups is 3. The summed E-state index contributed by atoms with van der Waals surface area (Å²) in [5.74, 6) is -1.57. The summed E-state index contributed by atoms with van der Waals surface area (Å²) in [5, 5.41) is 14.1. The number of esters is 1. The summed E-state index contributed by atoms with van der Waals surface area (Å²) in [6.45, 7) is 3.31. The van der Waals surface area contributed by atoms with E-state index >= 15 is 0 Å². The standard InChI is InChI=1S/C25H27N5O4.ClH/c1-3-34-24(33)25(28,30-15(2)31)19-11-12-20-18(13-19)5-4-6-21(20)23(32)29-14-16-7-9-17(10-8-16)22(26)27;/h4-13H,3,14,28H2,1-2H3,(H3,26,27)(H,29,32)(H,30,31);1H. The second-order valence-electron chi connectivity index (χ2n) is 7.74. The summed E-state index contributed by atoms with van der Waals surface area (Å²) in [4.78, 5) is 37.2. The van der Waals surface area contributed by atoms with Gasteiger partial charge >= 0.3 is 5.97 Å². The molecule has 0 saturated carbocycles. The molecule has 0 aromatic heterocycles. The Morgan fingerprint density at radius 3 is 2.34 bits per heavy atom. The molecule has 9 nitrogen and oxygen atoms in total. The molecule has 0 aliphatic carbocycles. The van der Waals surface area contributed by atoms with Crippen molar-refractivity contribution in [1.82, 2.24) is 10.6 Å². The molecule has 10 heteroatoms. The number of rotatable bonds is 8. The van der Waals surface area contributed by atoms with E-state index in [1.807, 2.05) is 0 Å². The van der Waals surface area contributed by atoms with Gasteiger partial charge in [-0.2, -0.15) is 0 Å². The van der Waals surface area contributed by atoms with E-state index in [-0.39, 0.29) is 30.8 Å². The average molecular weight is 498 g/mol.